The van der Waals surface area contributed by atoms with Gasteiger partial charge in [-0.1, -0.05) is 18.2 Å². The van der Waals surface area contributed by atoms with E-state index >= 15 is 0 Å². The van der Waals surface area contributed by atoms with Crippen LogP contribution in [0, 0.1) is 11.6 Å². The number of carbonyl (C=O) groups excluding carboxylic acids is 1. The van der Waals surface area contributed by atoms with Crippen molar-refractivity contribution in [3.8, 4) is 0 Å². The number of hydrogen-bond donors (Lipinski definition) is 1. The monoisotopic (exact) mass is 514 g/mol. The Balaban J connectivity index is 1.46. The molecule has 5 rings (SSSR count). The number of nitrogens with zero attached hydrogens (tertiary/aromatic N) is 3. The molecule has 1 saturated heterocycles. The van der Waals surface area contributed by atoms with Gasteiger partial charge in [-0.3, -0.25) is 9.52 Å². The van der Waals surface area contributed by atoms with Crippen LogP contribution in [0.1, 0.15) is 22.3 Å². The highest BCUT2D eigenvalue weighted by Crippen LogP contribution is 2.33. The van der Waals surface area contributed by atoms with Crippen molar-refractivity contribution in [2.75, 3.05) is 29.8 Å². The molecule has 1 aromatic heterocycles. The molecule has 2 aliphatic heterocycles. The van der Waals surface area contributed by atoms with E-state index in [1.165, 1.54) is 12.1 Å². The molecule has 0 radical (unpaired) electrons. The SMILES string of the molecule is COC1CC2CN(C(=O)c3ccccc3NS(=O)(=O)c3ccc(F)c(F)c3)Cc3cccnc3N2C1. The molecule has 11 heteroatoms. The van der Waals surface area contributed by atoms with Gasteiger partial charge in [-0.15, -0.1) is 0 Å². The van der Waals surface area contributed by atoms with Crippen LogP contribution in [0.4, 0.5) is 20.3 Å². The van der Waals surface area contributed by atoms with Crippen molar-refractivity contribution in [3.63, 3.8) is 0 Å². The van der Waals surface area contributed by atoms with Gasteiger partial charge in [0.05, 0.1) is 28.3 Å². The highest BCUT2D eigenvalue weighted by atomic mass is 32.2. The number of benzene rings is 2. The fourth-order valence-electron chi connectivity index (χ4n) is 4.75. The number of hydrogen-bond acceptors (Lipinski definition) is 6. The lowest BCUT2D eigenvalue weighted by atomic mass is 10.1. The van der Waals surface area contributed by atoms with Crippen molar-refractivity contribution in [1.29, 1.82) is 0 Å². The fraction of sp³-hybridized carbons (Fsp3) is 0.280. The highest BCUT2D eigenvalue weighted by Gasteiger charge is 2.39. The van der Waals surface area contributed by atoms with Gasteiger partial charge in [-0.05, 0) is 42.8 Å². The van der Waals surface area contributed by atoms with Gasteiger partial charge in [0.2, 0.25) is 0 Å². The molecule has 1 amide bonds. The van der Waals surface area contributed by atoms with E-state index in [0.29, 0.717) is 25.7 Å². The summed E-state index contributed by atoms with van der Waals surface area (Å²) in [6.07, 6.45) is 2.45. The van der Waals surface area contributed by atoms with Crippen molar-refractivity contribution in [2.24, 2.45) is 0 Å². The summed E-state index contributed by atoms with van der Waals surface area (Å²) in [4.78, 5) is 21.7. The Morgan fingerprint density at radius 1 is 1.08 bits per heavy atom. The van der Waals surface area contributed by atoms with Gasteiger partial charge in [0.25, 0.3) is 15.9 Å². The molecule has 188 valence electrons. The number of carbonyl (C=O) groups is 1. The summed E-state index contributed by atoms with van der Waals surface area (Å²) in [6.45, 7) is 1.37. The first kappa shape index (κ1) is 24.1. The van der Waals surface area contributed by atoms with E-state index in [4.69, 9.17) is 4.74 Å². The van der Waals surface area contributed by atoms with E-state index in [9.17, 15) is 22.0 Å². The average Bonchev–Trinajstić information content (AvgIpc) is 3.21. The Morgan fingerprint density at radius 2 is 1.89 bits per heavy atom. The van der Waals surface area contributed by atoms with Crippen molar-refractivity contribution >= 4 is 27.4 Å². The number of ether oxygens (including phenoxy) is 1. The van der Waals surface area contributed by atoms with Crippen molar-refractivity contribution in [1.82, 2.24) is 9.88 Å². The molecule has 2 aromatic carbocycles. The van der Waals surface area contributed by atoms with Crippen molar-refractivity contribution in [2.45, 2.75) is 30.0 Å². The summed E-state index contributed by atoms with van der Waals surface area (Å²) in [5.41, 5.74) is 1.06. The van der Waals surface area contributed by atoms with Gasteiger partial charge >= 0.3 is 0 Å². The number of anilines is 2. The zero-order valence-corrected chi connectivity index (χ0v) is 20.2. The first-order valence-electron chi connectivity index (χ1n) is 11.4. The molecule has 0 aliphatic carbocycles. The summed E-state index contributed by atoms with van der Waals surface area (Å²) in [5, 5.41) is 0. The number of aromatic nitrogens is 1. The summed E-state index contributed by atoms with van der Waals surface area (Å²) in [6, 6.07) is 12.2. The molecule has 8 nitrogen and oxygen atoms in total. The molecule has 1 N–H and O–H groups in total. The van der Waals surface area contributed by atoms with Gasteiger partial charge in [-0.2, -0.15) is 0 Å². The number of pyridine rings is 1. The van der Waals surface area contributed by atoms with Crippen LogP contribution < -0.4 is 9.62 Å². The molecule has 2 unspecified atom stereocenters. The zero-order chi connectivity index (χ0) is 25.4. The van der Waals surface area contributed by atoms with E-state index < -0.39 is 26.6 Å². The lowest BCUT2D eigenvalue weighted by Crippen LogP contribution is -2.40. The van der Waals surface area contributed by atoms with Gasteiger partial charge in [0, 0.05) is 38.5 Å². The first-order valence-corrected chi connectivity index (χ1v) is 12.8. The smallest absolute Gasteiger partial charge is 0.262 e. The lowest BCUT2D eigenvalue weighted by Gasteiger charge is -2.27. The number of sulfonamides is 1. The van der Waals surface area contributed by atoms with Crippen LogP contribution in [-0.4, -0.2) is 56.6 Å². The maximum Gasteiger partial charge on any atom is 0.262 e. The minimum atomic E-state index is -4.28. The maximum atomic E-state index is 13.8. The number of methoxy groups -OCH3 is 1. The molecular formula is C25H24F2N4O4S. The summed E-state index contributed by atoms with van der Waals surface area (Å²) < 4.78 is 60.7. The first-order chi connectivity index (χ1) is 17.3. The number of fused-ring (bicyclic) bond motifs is 3. The van der Waals surface area contributed by atoms with E-state index in [1.54, 1.807) is 30.3 Å². The second-order valence-corrected chi connectivity index (χ2v) is 10.5. The average molecular weight is 515 g/mol. The number of nitrogens with one attached hydrogen (secondary N) is 1. The number of para-hydroxylation sites is 1. The predicted octanol–water partition coefficient (Wildman–Crippen LogP) is 3.41. The molecule has 1 fully saturated rings. The molecule has 3 heterocycles. The second kappa shape index (κ2) is 9.47. The highest BCUT2D eigenvalue weighted by molar-refractivity contribution is 7.92. The third kappa shape index (κ3) is 4.51. The standard InChI is InChI=1S/C25H24F2N4O4S/c1-35-18-11-17-14-30(13-16-5-4-10-28-24(16)31(17)15-18)25(32)20-6-2-3-7-23(20)29-36(33,34)19-8-9-21(26)22(27)12-19/h2-10,12,17-18,29H,11,13-15H2,1H3. The molecule has 0 bridgehead atoms. The van der Waals surface area contributed by atoms with Gasteiger partial charge in [0.15, 0.2) is 11.6 Å². The summed E-state index contributed by atoms with van der Waals surface area (Å²) in [7, 11) is -2.62. The Bertz CT molecular complexity index is 1420. The van der Waals surface area contributed by atoms with E-state index in [2.05, 4.69) is 14.6 Å². The minimum absolute atomic E-state index is 0.00936. The quantitative estimate of drug-likeness (QED) is 0.561. The van der Waals surface area contributed by atoms with Crippen LogP contribution in [0.3, 0.4) is 0 Å². The normalized spacial score (nSPS) is 19.4. The third-order valence-corrected chi connectivity index (χ3v) is 7.89. The zero-order valence-electron chi connectivity index (χ0n) is 19.4. The Morgan fingerprint density at radius 3 is 2.67 bits per heavy atom. The fourth-order valence-corrected chi connectivity index (χ4v) is 5.84. The third-order valence-electron chi connectivity index (χ3n) is 6.53. The summed E-state index contributed by atoms with van der Waals surface area (Å²) in [5.74, 6) is -1.99. The summed E-state index contributed by atoms with van der Waals surface area (Å²) >= 11 is 0. The Labute approximate surface area is 207 Å². The van der Waals surface area contributed by atoms with Gasteiger partial charge in [0.1, 0.15) is 5.82 Å². The minimum Gasteiger partial charge on any atom is -0.380 e. The van der Waals surface area contributed by atoms with E-state index in [-0.39, 0.29) is 29.3 Å². The molecule has 36 heavy (non-hydrogen) atoms. The van der Waals surface area contributed by atoms with Crippen LogP contribution in [0.5, 0.6) is 0 Å². The molecule has 2 atom stereocenters. The second-order valence-electron chi connectivity index (χ2n) is 8.80. The van der Waals surface area contributed by atoms with Crippen molar-refractivity contribution < 1.29 is 26.7 Å². The number of halogens is 2. The predicted molar refractivity (Wildman–Crippen MR) is 129 cm³/mol. The van der Waals surface area contributed by atoms with Crippen LogP contribution in [-0.2, 0) is 21.3 Å². The molecular weight excluding hydrogens is 490 g/mol. The van der Waals surface area contributed by atoms with Crippen LogP contribution >= 0.6 is 0 Å². The molecule has 3 aromatic rings. The van der Waals surface area contributed by atoms with Crippen LogP contribution in [0.25, 0.3) is 0 Å². The lowest BCUT2D eigenvalue weighted by molar-refractivity contribution is 0.0728. The number of rotatable bonds is 5. The topological polar surface area (TPSA) is 91.8 Å². The maximum absolute atomic E-state index is 13.8. The molecule has 0 spiro atoms. The Hall–Kier alpha value is -3.57. The molecule has 0 saturated carbocycles. The van der Waals surface area contributed by atoms with Crippen LogP contribution in [0.15, 0.2) is 65.7 Å². The largest absolute Gasteiger partial charge is 0.380 e. The van der Waals surface area contributed by atoms with E-state index in [1.807, 2.05) is 12.1 Å². The van der Waals surface area contributed by atoms with Crippen LogP contribution in [0.2, 0.25) is 0 Å². The van der Waals surface area contributed by atoms with Gasteiger partial charge < -0.3 is 14.5 Å². The van der Waals surface area contributed by atoms with Gasteiger partial charge in [-0.25, -0.2) is 22.2 Å². The van der Waals surface area contributed by atoms with E-state index in [0.717, 1.165) is 29.9 Å². The number of amides is 1. The van der Waals surface area contributed by atoms with Crippen molar-refractivity contribution in [3.05, 3.63) is 83.6 Å². The Kier molecular flexibility index (Phi) is 6.35. The molecule has 2 aliphatic rings.